The highest BCUT2D eigenvalue weighted by molar-refractivity contribution is 7.79. The zero-order valence-corrected chi connectivity index (χ0v) is 12.7. The molecule has 0 amide bonds. The molecule has 0 radical (unpaired) electrons. The smallest absolute Gasteiger partial charge is 0.175 e. The Morgan fingerprint density at radius 2 is 2.14 bits per heavy atom. The van der Waals surface area contributed by atoms with Crippen LogP contribution in [0.3, 0.4) is 0 Å². The van der Waals surface area contributed by atoms with Crippen molar-refractivity contribution in [3.05, 3.63) is 35.5 Å². The van der Waals surface area contributed by atoms with Crippen LogP contribution in [0.25, 0.3) is 10.9 Å². The van der Waals surface area contributed by atoms with E-state index in [9.17, 15) is 8.76 Å². The molecular weight excluding hydrogens is 286 g/mol. The number of H-pyrrole nitrogens is 1. The summed E-state index contributed by atoms with van der Waals surface area (Å²) in [5, 5.41) is 0.671. The molecule has 2 unspecified atom stereocenters. The molecule has 2 heterocycles. The highest BCUT2D eigenvalue weighted by Gasteiger charge is 2.28. The van der Waals surface area contributed by atoms with E-state index in [2.05, 4.69) is 9.88 Å². The van der Waals surface area contributed by atoms with Gasteiger partial charge < -0.3 is 15.3 Å². The van der Waals surface area contributed by atoms with Crippen molar-refractivity contribution in [1.29, 1.82) is 0 Å². The Morgan fingerprint density at radius 3 is 2.81 bits per heavy atom. The first-order valence-corrected chi connectivity index (χ1v) is 8.51. The van der Waals surface area contributed by atoms with Crippen LogP contribution in [0.4, 0.5) is 0 Å². The topological polar surface area (TPSA) is 82.4 Å². The summed E-state index contributed by atoms with van der Waals surface area (Å²) in [5.74, 6) is 0. The lowest BCUT2D eigenvalue weighted by atomic mass is 10.1. The zero-order valence-electron chi connectivity index (χ0n) is 11.9. The SMILES string of the molecule is NCCc1c[nH]c2ccc(C(N3CCCC3)S(=O)O)cc12. The van der Waals surface area contributed by atoms with Crippen LogP contribution < -0.4 is 5.73 Å². The van der Waals surface area contributed by atoms with Gasteiger partial charge in [-0.3, -0.25) is 4.90 Å². The van der Waals surface area contributed by atoms with Crippen molar-refractivity contribution >= 4 is 22.0 Å². The van der Waals surface area contributed by atoms with Crippen LogP contribution in [-0.2, 0) is 17.5 Å². The number of aromatic nitrogens is 1. The molecule has 1 saturated heterocycles. The molecule has 6 heteroatoms. The summed E-state index contributed by atoms with van der Waals surface area (Å²) in [4.78, 5) is 5.33. The van der Waals surface area contributed by atoms with Crippen molar-refractivity contribution in [3.63, 3.8) is 0 Å². The maximum atomic E-state index is 11.8. The second-order valence-corrected chi connectivity index (χ2v) is 6.53. The van der Waals surface area contributed by atoms with Gasteiger partial charge in [0.2, 0.25) is 0 Å². The molecule has 0 saturated carbocycles. The van der Waals surface area contributed by atoms with Crippen LogP contribution in [0, 0.1) is 0 Å². The van der Waals surface area contributed by atoms with E-state index >= 15 is 0 Å². The van der Waals surface area contributed by atoms with Gasteiger partial charge in [0.05, 0.1) is 0 Å². The number of nitrogens with two attached hydrogens (primary N) is 1. The molecule has 0 aliphatic carbocycles. The van der Waals surface area contributed by atoms with Gasteiger partial charge in [-0.25, -0.2) is 4.21 Å². The molecule has 0 bridgehead atoms. The van der Waals surface area contributed by atoms with E-state index in [4.69, 9.17) is 5.73 Å². The van der Waals surface area contributed by atoms with Crippen molar-refractivity contribution in [2.75, 3.05) is 19.6 Å². The number of nitrogens with one attached hydrogen (secondary N) is 1. The fourth-order valence-corrected chi connectivity index (χ4v) is 3.99. The van der Waals surface area contributed by atoms with Gasteiger partial charge in [-0.15, -0.1) is 0 Å². The summed E-state index contributed by atoms with van der Waals surface area (Å²) in [6, 6.07) is 5.97. The summed E-state index contributed by atoms with van der Waals surface area (Å²) in [6.07, 6.45) is 4.97. The molecular formula is C15H21N3O2S. The maximum Gasteiger partial charge on any atom is 0.175 e. The van der Waals surface area contributed by atoms with E-state index in [0.29, 0.717) is 6.54 Å². The molecule has 4 N–H and O–H groups in total. The van der Waals surface area contributed by atoms with Crippen LogP contribution in [0.1, 0.15) is 29.3 Å². The Balaban J connectivity index is 2.00. The summed E-state index contributed by atoms with van der Waals surface area (Å²) in [5.41, 5.74) is 8.76. The number of likely N-dealkylation sites (tertiary alicyclic amines) is 1. The van der Waals surface area contributed by atoms with E-state index in [1.807, 2.05) is 24.4 Å². The summed E-state index contributed by atoms with van der Waals surface area (Å²) in [7, 11) is 0. The Bertz CT molecular complexity index is 649. The third-order valence-electron chi connectivity index (χ3n) is 4.15. The van der Waals surface area contributed by atoms with Gasteiger partial charge in [-0.2, -0.15) is 0 Å². The maximum absolute atomic E-state index is 11.8. The fourth-order valence-electron chi connectivity index (χ4n) is 3.14. The second-order valence-electron chi connectivity index (χ2n) is 5.53. The number of hydrogen-bond acceptors (Lipinski definition) is 3. The van der Waals surface area contributed by atoms with E-state index in [-0.39, 0.29) is 0 Å². The van der Waals surface area contributed by atoms with E-state index in [1.165, 1.54) is 5.56 Å². The lowest BCUT2D eigenvalue weighted by molar-refractivity contribution is 0.305. The quantitative estimate of drug-likeness (QED) is 0.738. The lowest BCUT2D eigenvalue weighted by Crippen LogP contribution is -2.28. The van der Waals surface area contributed by atoms with Crippen LogP contribution >= 0.6 is 0 Å². The average molecular weight is 307 g/mol. The highest BCUT2D eigenvalue weighted by atomic mass is 32.2. The first-order valence-electron chi connectivity index (χ1n) is 7.34. The van der Waals surface area contributed by atoms with Crippen LogP contribution in [0.5, 0.6) is 0 Å². The van der Waals surface area contributed by atoms with Gasteiger partial charge in [-0.05, 0) is 62.2 Å². The molecule has 1 fully saturated rings. The standard InChI is InChI=1S/C15H21N3O2S/c16-6-5-12-10-17-14-4-3-11(9-13(12)14)15(21(19)20)18-7-1-2-8-18/h3-4,9-10,15,17H,1-2,5-8,16H2,(H,19,20). The van der Waals surface area contributed by atoms with Gasteiger partial charge in [0.1, 0.15) is 5.37 Å². The van der Waals surface area contributed by atoms with Crippen LogP contribution in [0.15, 0.2) is 24.4 Å². The normalized spacial score (nSPS) is 19.1. The highest BCUT2D eigenvalue weighted by Crippen LogP contribution is 2.30. The van der Waals surface area contributed by atoms with E-state index in [0.717, 1.165) is 48.8 Å². The predicted molar refractivity (Wildman–Crippen MR) is 85.4 cm³/mol. The number of hydrogen-bond donors (Lipinski definition) is 3. The number of aromatic amines is 1. The van der Waals surface area contributed by atoms with Gasteiger partial charge in [-0.1, -0.05) is 6.07 Å². The Morgan fingerprint density at radius 1 is 1.38 bits per heavy atom. The number of nitrogens with zero attached hydrogens (tertiary/aromatic N) is 1. The average Bonchev–Trinajstić information content (AvgIpc) is 3.10. The van der Waals surface area contributed by atoms with Crippen molar-refractivity contribution in [2.45, 2.75) is 24.6 Å². The monoisotopic (exact) mass is 307 g/mol. The zero-order chi connectivity index (χ0) is 14.8. The molecule has 3 rings (SSSR count). The van der Waals surface area contributed by atoms with Crippen LogP contribution in [-0.4, -0.2) is 38.3 Å². The Hall–Kier alpha value is -1.21. The summed E-state index contributed by atoms with van der Waals surface area (Å²) < 4.78 is 21.5. The molecule has 2 aromatic rings. The molecule has 1 aromatic heterocycles. The molecule has 21 heavy (non-hydrogen) atoms. The molecule has 1 aromatic carbocycles. The number of rotatable bonds is 5. The second kappa shape index (κ2) is 6.27. The third-order valence-corrected chi connectivity index (χ3v) is 5.11. The van der Waals surface area contributed by atoms with Gasteiger partial charge in [0, 0.05) is 17.1 Å². The Labute approximate surface area is 126 Å². The van der Waals surface area contributed by atoms with Crippen molar-refractivity contribution in [2.24, 2.45) is 5.73 Å². The van der Waals surface area contributed by atoms with Crippen molar-refractivity contribution in [1.82, 2.24) is 9.88 Å². The summed E-state index contributed by atoms with van der Waals surface area (Å²) in [6.45, 7) is 2.37. The first-order chi connectivity index (χ1) is 10.2. The molecule has 5 nitrogen and oxygen atoms in total. The fraction of sp³-hybridized carbons (Fsp3) is 0.467. The van der Waals surface area contributed by atoms with Gasteiger partial charge in [0.15, 0.2) is 11.1 Å². The Kier molecular flexibility index (Phi) is 4.40. The summed E-state index contributed by atoms with van der Waals surface area (Å²) >= 11 is -1.89. The molecule has 1 aliphatic rings. The van der Waals surface area contributed by atoms with Crippen molar-refractivity contribution < 1.29 is 8.76 Å². The largest absolute Gasteiger partial charge is 0.361 e. The van der Waals surface area contributed by atoms with E-state index < -0.39 is 16.5 Å². The van der Waals surface area contributed by atoms with E-state index in [1.54, 1.807) is 0 Å². The van der Waals surface area contributed by atoms with Gasteiger partial charge >= 0.3 is 0 Å². The van der Waals surface area contributed by atoms with Crippen LogP contribution in [0.2, 0.25) is 0 Å². The minimum absolute atomic E-state index is 0.433. The minimum Gasteiger partial charge on any atom is -0.361 e. The molecule has 114 valence electrons. The lowest BCUT2D eigenvalue weighted by Gasteiger charge is -2.24. The minimum atomic E-state index is -1.89. The predicted octanol–water partition coefficient (Wildman–Crippen LogP) is 1.99. The molecule has 2 atom stereocenters. The number of benzene rings is 1. The van der Waals surface area contributed by atoms with Crippen molar-refractivity contribution in [3.8, 4) is 0 Å². The number of fused-ring (bicyclic) bond motifs is 1. The van der Waals surface area contributed by atoms with Gasteiger partial charge in [0.25, 0.3) is 0 Å². The molecule has 0 spiro atoms. The third kappa shape index (κ3) is 2.89. The first kappa shape index (κ1) is 14.7. The molecule has 1 aliphatic heterocycles.